The Bertz CT molecular complexity index is 784. The van der Waals surface area contributed by atoms with E-state index in [0.29, 0.717) is 0 Å². The number of fused-ring (bicyclic) bond motifs is 1. The smallest absolute Gasteiger partial charge is 0.449 e. The maximum atomic E-state index is 13.3. The average molecular weight is 357 g/mol. The molecule has 0 bridgehead atoms. The molecule has 1 aromatic carbocycles. The van der Waals surface area contributed by atoms with E-state index in [2.05, 4.69) is 4.98 Å². The number of benzene rings is 1. The molecule has 6 nitrogen and oxygen atoms in total. The summed E-state index contributed by atoms with van der Waals surface area (Å²) in [5.74, 6) is -3.13. The third-order valence-corrected chi connectivity index (χ3v) is 3.47. The lowest BCUT2D eigenvalue weighted by molar-refractivity contribution is -0.150. The Morgan fingerprint density at radius 2 is 1.92 bits per heavy atom. The SMILES string of the molecule is CC(C)CN(CC(=O)O)C(=O)Cn1c(C(F)(F)F)nc2ccccc21. The first-order valence-corrected chi connectivity index (χ1v) is 7.61. The number of halogens is 3. The van der Waals surface area contributed by atoms with Crippen molar-refractivity contribution < 1.29 is 27.9 Å². The number of carboxylic acids is 1. The molecule has 0 aliphatic rings. The van der Waals surface area contributed by atoms with E-state index < -0.39 is 37.0 Å². The van der Waals surface area contributed by atoms with Crippen LogP contribution in [-0.4, -0.2) is 44.5 Å². The normalized spacial score (nSPS) is 11.9. The topological polar surface area (TPSA) is 75.4 Å². The highest BCUT2D eigenvalue weighted by Crippen LogP contribution is 2.31. The summed E-state index contributed by atoms with van der Waals surface area (Å²) in [4.78, 5) is 28.0. The molecule has 9 heteroatoms. The van der Waals surface area contributed by atoms with Crippen LogP contribution in [0.4, 0.5) is 13.2 Å². The molecule has 0 radical (unpaired) electrons. The van der Waals surface area contributed by atoms with Gasteiger partial charge in [0.15, 0.2) is 0 Å². The molecule has 0 saturated heterocycles. The fourth-order valence-corrected chi connectivity index (χ4v) is 2.55. The summed E-state index contributed by atoms with van der Waals surface area (Å²) in [5.41, 5.74) is 0.291. The van der Waals surface area contributed by atoms with Crippen molar-refractivity contribution in [2.75, 3.05) is 13.1 Å². The molecule has 0 fully saturated rings. The highest BCUT2D eigenvalue weighted by molar-refractivity contribution is 5.83. The van der Waals surface area contributed by atoms with Crippen LogP contribution in [0.3, 0.4) is 0 Å². The monoisotopic (exact) mass is 357 g/mol. The number of carbonyl (C=O) groups is 2. The highest BCUT2D eigenvalue weighted by atomic mass is 19.4. The minimum atomic E-state index is -4.73. The minimum Gasteiger partial charge on any atom is -0.480 e. The number of rotatable bonds is 6. The highest BCUT2D eigenvalue weighted by Gasteiger charge is 2.38. The second-order valence-corrected chi connectivity index (χ2v) is 6.07. The van der Waals surface area contributed by atoms with Gasteiger partial charge in [0, 0.05) is 6.54 Å². The lowest BCUT2D eigenvalue weighted by Crippen LogP contribution is -2.40. The fourth-order valence-electron chi connectivity index (χ4n) is 2.55. The molecule has 1 amide bonds. The molecule has 1 N–H and O–H groups in total. The van der Waals surface area contributed by atoms with Crippen molar-refractivity contribution in [3.63, 3.8) is 0 Å². The van der Waals surface area contributed by atoms with Crippen LogP contribution < -0.4 is 0 Å². The standard InChI is InChI=1S/C16H18F3N3O3/c1-10(2)7-21(9-14(24)25)13(23)8-22-12-6-4-3-5-11(12)20-15(22)16(17,18)19/h3-6,10H,7-9H2,1-2H3,(H,24,25). The minimum absolute atomic E-state index is 0.0232. The molecule has 136 valence electrons. The van der Waals surface area contributed by atoms with Gasteiger partial charge < -0.3 is 14.6 Å². The zero-order chi connectivity index (χ0) is 18.8. The van der Waals surface area contributed by atoms with Crippen molar-refractivity contribution in [1.29, 1.82) is 0 Å². The van der Waals surface area contributed by atoms with Gasteiger partial charge in [-0.15, -0.1) is 0 Å². The van der Waals surface area contributed by atoms with Gasteiger partial charge in [0.05, 0.1) is 11.0 Å². The van der Waals surface area contributed by atoms with E-state index in [4.69, 9.17) is 5.11 Å². The molecule has 0 saturated carbocycles. The Morgan fingerprint density at radius 3 is 2.48 bits per heavy atom. The number of para-hydroxylation sites is 2. The van der Waals surface area contributed by atoms with Gasteiger partial charge in [0.2, 0.25) is 11.7 Å². The summed E-state index contributed by atoms with van der Waals surface area (Å²) in [5, 5.41) is 8.93. The molecule has 0 spiro atoms. The van der Waals surface area contributed by atoms with E-state index in [-0.39, 0.29) is 23.5 Å². The van der Waals surface area contributed by atoms with Crippen LogP contribution in [0.15, 0.2) is 24.3 Å². The molecule has 0 unspecified atom stereocenters. The van der Waals surface area contributed by atoms with Crippen LogP contribution in [-0.2, 0) is 22.3 Å². The molecule has 2 rings (SSSR count). The van der Waals surface area contributed by atoms with E-state index in [1.165, 1.54) is 12.1 Å². The number of carbonyl (C=O) groups excluding carboxylic acids is 1. The zero-order valence-corrected chi connectivity index (χ0v) is 13.7. The van der Waals surface area contributed by atoms with E-state index in [1.807, 2.05) is 0 Å². The molecular formula is C16H18F3N3O3. The van der Waals surface area contributed by atoms with Crippen molar-refractivity contribution in [3.8, 4) is 0 Å². The second-order valence-electron chi connectivity index (χ2n) is 6.07. The number of aliphatic carboxylic acids is 1. The Balaban J connectivity index is 2.40. The largest absolute Gasteiger partial charge is 0.480 e. The molecule has 0 aliphatic heterocycles. The van der Waals surface area contributed by atoms with Crippen LogP contribution in [0, 0.1) is 5.92 Å². The number of hydrogen-bond donors (Lipinski definition) is 1. The summed E-state index contributed by atoms with van der Waals surface area (Å²) in [7, 11) is 0. The molecule has 0 aliphatic carbocycles. The summed E-state index contributed by atoms with van der Waals surface area (Å²) < 4.78 is 40.6. The quantitative estimate of drug-likeness (QED) is 0.862. The van der Waals surface area contributed by atoms with Crippen molar-refractivity contribution in [2.24, 2.45) is 5.92 Å². The Kier molecular flexibility index (Phi) is 5.34. The Labute approximate surface area is 141 Å². The third-order valence-electron chi connectivity index (χ3n) is 3.47. The van der Waals surface area contributed by atoms with Crippen molar-refractivity contribution in [3.05, 3.63) is 30.1 Å². The number of amides is 1. The van der Waals surface area contributed by atoms with E-state index in [1.54, 1.807) is 26.0 Å². The lowest BCUT2D eigenvalue weighted by Gasteiger charge is -2.23. The van der Waals surface area contributed by atoms with Gasteiger partial charge in [-0.05, 0) is 18.1 Å². The van der Waals surface area contributed by atoms with Gasteiger partial charge in [0.1, 0.15) is 13.1 Å². The molecule has 0 atom stereocenters. The fraction of sp³-hybridized carbons (Fsp3) is 0.438. The predicted octanol–water partition coefficient (Wildman–Crippen LogP) is 2.62. The predicted molar refractivity (Wildman–Crippen MR) is 83.8 cm³/mol. The van der Waals surface area contributed by atoms with Gasteiger partial charge in [-0.1, -0.05) is 26.0 Å². The van der Waals surface area contributed by atoms with E-state index >= 15 is 0 Å². The summed E-state index contributed by atoms with van der Waals surface area (Å²) >= 11 is 0. The number of alkyl halides is 3. The molecular weight excluding hydrogens is 339 g/mol. The maximum absolute atomic E-state index is 13.3. The Morgan fingerprint density at radius 1 is 1.28 bits per heavy atom. The van der Waals surface area contributed by atoms with Crippen LogP contribution in [0.2, 0.25) is 0 Å². The molecule has 1 aromatic heterocycles. The van der Waals surface area contributed by atoms with Gasteiger partial charge in [-0.3, -0.25) is 9.59 Å². The second kappa shape index (κ2) is 7.12. The van der Waals surface area contributed by atoms with Crippen LogP contribution in [0.1, 0.15) is 19.7 Å². The number of nitrogens with zero attached hydrogens (tertiary/aromatic N) is 3. The van der Waals surface area contributed by atoms with Crippen molar-refractivity contribution in [2.45, 2.75) is 26.6 Å². The number of hydrogen-bond acceptors (Lipinski definition) is 3. The summed E-state index contributed by atoms with van der Waals surface area (Å²) in [6.07, 6.45) is -4.73. The lowest BCUT2D eigenvalue weighted by atomic mass is 10.2. The van der Waals surface area contributed by atoms with Crippen LogP contribution in [0.25, 0.3) is 11.0 Å². The average Bonchev–Trinajstić information content (AvgIpc) is 2.84. The zero-order valence-electron chi connectivity index (χ0n) is 13.7. The number of imidazole rings is 1. The van der Waals surface area contributed by atoms with Crippen LogP contribution >= 0.6 is 0 Å². The van der Waals surface area contributed by atoms with Gasteiger partial charge in [-0.2, -0.15) is 13.2 Å². The third kappa shape index (κ3) is 4.49. The summed E-state index contributed by atoms with van der Waals surface area (Å²) in [6.45, 7) is 2.52. The van der Waals surface area contributed by atoms with Crippen LogP contribution in [0.5, 0.6) is 0 Å². The molecule has 25 heavy (non-hydrogen) atoms. The summed E-state index contributed by atoms with van der Waals surface area (Å²) in [6, 6.07) is 5.97. The first-order valence-electron chi connectivity index (χ1n) is 7.61. The maximum Gasteiger partial charge on any atom is 0.449 e. The molecule has 2 aromatic rings. The van der Waals surface area contributed by atoms with E-state index in [0.717, 1.165) is 9.47 Å². The number of aromatic nitrogens is 2. The first kappa shape index (κ1) is 18.8. The molecule has 1 heterocycles. The number of carboxylic acid groups (broad SMARTS) is 1. The van der Waals surface area contributed by atoms with Gasteiger partial charge >= 0.3 is 12.1 Å². The first-order chi connectivity index (χ1) is 11.6. The van der Waals surface area contributed by atoms with Gasteiger partial charge in [0.25, 0.3) is 0 Å². The van der Waals surface area contributed by atoms with Gasteiger partial charge in [-0.25, -0.2) is 4.98 Å². The van der Waals surface area contributed by atoms with E-state index in [9.17, 15) is 22.8 Å². The van der Waals surface area contributed by atoms with Crippen molar-refractivity contribution in [1.82, 2.24) is 14.5 Å². The van der Waals surface area contributed by atoms with Crippen molar-refractivity contribution >= 4 is 22.9 Å². The Hall–Kier alpha value is -2.58.